The Hall–Kier alpha value is -3.68. The first-order valence-electron chi connectivity index (χ1n) is 9.42. The zero-order valence-corrected chi connectivity index (χ0v) is 16.3. The summed E-state index contributed by atoms with van der Waals surface area (Å²) in [7, 11) is 0. The Kier molecular flexibility index (Phi) is 4.99. The molecule has 0 aliphatic carbocycles. The van der Waals surface area contributed by atoms with E-state index in [2.05, 4.69) is 20.7 Å². The Labute approximate surface area is 168 Å². The number of aromatic nitrogens is 3. The molecule has 1 aliphatic heterocycles. The summed E-state index contributed by atoms with van der Waals surface area (Å²) in [6.07, 6.45) is 1.58. The minimum absolute atomic E-state index is 0.0313. The van der Waals surface area contributed by atoms with Crippen LogP contribution in [0.2, 0.25) is 0 Å². The van der Waals surface area contributed by atoms with Gasteiger partial charge >= 0.3 is 0 Å². The van der Waals surface area contributed by atoms with E-state index in [0.29, 0.717) is 18.9 Å². The molecule has 8 nitrogen and oxygen atoms in total. The van der Waals surface area contributed by atoms with Crippen molar-refractivity contribution in [3.05, 3.63) is 65.6 Å². The van der Waals surface area contributed by atoms with Crippen LogP contribution in [0.4, 0.5) is 11.5 Å². The number of anilines is 2. The van der Waals surface area contributed by atoms with Gasteiger partial charge in [0.1, 0.15) is 5.69 Å². The van der Waals surface area contributed by atoms with Gasteiger partial charge in [-0.05, 0) is 38.1 Å². The molecular formula is C21H22N6O2. The number of nitrogens with one attached hydrogen (secondary N) is 2. The van der Waals surface area contributed by atoms with Crippen molar-refractivity contribution >= 4 is 23.3 Å². The van der Waals surface area contributed by atoms with E-state index in [1.165, 1.54) is 5.56 Å². The monoisotopic (exact) mass is 390 g/mol. The van der Waals surface area contributed by atoms with Gasteiger partial charge in [0.15, 0.2) is 5.82 Å². The molecule has 0 atom stereocenters. The van der Waals surface area contributed by atoms with Crippen molar-refractivity contribution in [3.8, 4) is 5.69 Å². The number of carbonyl (C=O) groups is 2. The SMILES string of the molecule is Cc1ccc(-n2nc(NC(=O)c3cc(N4CCNC(=O)C4)ccn3)cc2C)cc1. The Morgan fingerprint density at radius 2 is 1.90 bits per heavy atom. The van der Waals surface area contributed by atoms with Gasteiger partial charge in [-0.1, -0.05) is 17.7 Å². The zero-order chi connectivity index (χ0) is 20.4. The third-order valence-electron chi connectivity index (χ3n) is 4.79. The minimum atomic E-state index is -0.345. The summed E-state index contributed by atoms with van der Waals surface area (Å²) >= 11 is 0. The highest BCUT2D eigenvalue weighted by atomic mass is 16.2. The summed E-state index contributed by atoms with van der Waals surface area (Å²) in [5, 5.41) is 10.1. The van der Waals surface area contributed by atoms with Crippen LogP contribution in [0, 0.1) is 13.8 Å². The molecule has 8 heteroatoms. The number of rotatable bonds is 4. The third-order valence-corrected chi connectivity index (χ3v) is 4.79. The van der Waals surface area contributed by atoms with Gasteiger partial charge in [-0.3, -0.25) is 14.6 Å². The van der Waals surface area contributed by atoms with Crippen molar-refractivity contribution in [1.82, 2.24) is 20.1 Å². The molecule has 1 aliphatic rings. The predicted molar refractivity (Wildman–Crippen MR) is 110 cm³/mol. The lowest BCUT2D eigenvalue weighted by atomic mass is 10.2. The van der Waals surface area contributed by atoms with Crippen molar-refractivity contribution in [2.45, 2.75) is 13.8 Å². The second kappa shape index (κ2) is 7.75. The van der Waals surface area contributed by atoms with Gasteiger partial charge in [-0.2, -0.15) is 0 Å². The van der Waals surface area contributed by atoms with Gasteiger partial charge in [-0.25, -0.2) is 4.68 Å². The van der Waals surface area contributed by atoms with E-state index in [-0.39, 0.29) is 24.1 Å². The number of amides is 2. The van der Waals surface area contributed by atoms with E-state index in [0.717, 1.165) is 17.1 Å². The van der Waals surface area contributed by atoms with Crippen molar-refractivity contribution in [2.75, 3.05) is 29.9 Å². The van der Waals surface area contributed by atoms with E-state index in [1.54, 1.807) is 23.0 Å². The number of benzene rings is 1. The molecule has 0 unspecified atom stereocenters. The fourth-order valence-electron chi connectivity index (χ4n) is 3.26. The second-order valence-electron chi connectivity index (χ2n) is 7.04. The maximum atomic E-state index is 12.7. The van der Waals surface area contributed by atoms with Crippen molar-refractivity contribution in [2.24, 2.45) is 0 Å². The molecule has 0 spiro atoms. The van der Waals surface area contributed by atoms with Crippen LogP contribution >= 0.6 is 0 Å². The molecule has 148 valence electrons. The quantitative estimate of drug-likeness (QED) is 0.712. The van der Waals surface area contributed by atoms with Crippen LogP contribution in [0.1, 0.15) is 21.7 Å². The summed E-state index contributed by atoms with van der Waals surface area (Å²) in [5.74, 6) is 0.0793. The van der Waals surface area contributed by atoms with Crippen LogP contribution < -0.4 is 15.5 Å². The normalized spacial score (nSPS) is 13.9. The number of hydrogen-bond donors (Lipinski definition) is 2. The molecule has 0 saturated carbocycles. The molecule has 3 heterocycles. The summed E-state index contributed by atoms with van der Waals surface area (Å²) < 4.78 is 1.78. The molecule has 1 fully saturated rings. The van der Waals surface area contributed by atoms with Crippen LogP contribution in [0.25, 0.3) is 5.69 Å². The first-order chi connectivity index (χ1) is 14.0. The summed E-state index contributed by atoms with van der Waals surface area (Å²) in [6, 6.07) is 13.3. The van der Waals surface area contributed by atoms with Crippen LogP contribution in [0.5, 0.6) is 0 Å². The lowest BCUT2D eigenvalue weighted by Gasteiger charge is -2.28. The minimum Gasteiger partial charge on any atom is -0.360 e. The molecule has 1 saturated heterocycles. The Bertz CT molecular complexity index is 1060. The molecule has 29 heavy (non-hydrogen) atoms. The van der Waals surface area contributed by atoms with Crippen LogP contribution in [0.15, 0.2) is 48.7 Å². The van der Waals surface area contributed by atoms with Crippen LogP contribution in [-0.2, 0) is 4.79 Å². The lowest BCUT2D eigenvalue weighted by molar-refractivity contribution is -0.120. The first-order valence-corrected chi connectivity index (χ1v) is 9.42. The van der Waals surface area contributed by atoms with E-state index in [1.807, 2.05) is 49.1 Å². The Morgan fingerprint density at radius 1 is 1.10 bits per heavy atom. The molecule has 0 radical (unpaired) electrons. The van der Waals surface area contributed by atoms with Crippen LogP contribution in [-0.4, -0.2) is 46.2 Å². The lowest BCUT2D eigenvalue weighted by Crippen LogP contribution is -2.47. The average Bonchev–Trinajstić information content (AvgIpc) is 3.08. The number of pyridine rings is 1. The highest BCUT2D eigenvalue weighted by Gasteiger charge is 2.18. The van der Waals surface area contributed by atoms with Gasteiger partial charge in [-0.15, -0.1) is 5.10 Å². The van der Waals surface area contributed by atoms with Crippen molar-refractivity contribution in [1.29, 1.82) is 0 Å². The van der Waals surface area contributed by atoms with Gasteiger partial charge in [0.2, 0.25) is 5.91 Å². The Morgan fingerprint density at radius 3 is 2.66 bits per heavy atom. The Balaban J connectivity index is 1.51. The standard InChI is InChI=1S/C21H22N6O2/c1-14-3-5-16(6-4-14)27-15(2)11-19(25-27)24-21(29)18-12-17(7-8-22-18)26-10-9-23-20(28)13-26/h3-8,11-12H,9-10,13H2,1-2H3,(H,23,28)(H,24,25,29). The van der Waals surface area contributed by atoms with Gasteiger partial charge in [0.25, 0.3) is 5.91 Å². The highest BCUT2D eigenvalue weighted by Crippen LogP contribution is 2.18. The average molecular weight is 390 g/mol. The summed E-state index contributed by atoms with van der Waals surface area (Å²) in [6.45, 7) is 5.51. The summed E-state index contributed by atoms with van der Waals surface area (Å²) in [5.41, 5.74) is 4.07. The number of hydrogen-bond acceptors (Lipinski definition) is 5. The molecule has 4 rings (SSSR count). The van der Waals surface area contributed by atoms with E-state index < -0.39 is 0 Å². The second-order valence-corrected chi connectivity index (χ2v) is 7.04. The fourth-order valence-corrected chi connectivity index (χ4v) is 3.26. The smallest absolute Gasteiger partial charge is 0.275 e. The van der Waals surface area contributed by atoms with E-state index in [4.69, 9.17) is 0 Å². The molecule has 2 N–H and O–H groups in total. The number of nitrogens with zero attached hydrogens (tertiary/aromatic N) is 4. The molecule has 0 bridgehead atoms. The fraction of sp³-hybridized carbons (Fsp3) is 0.238. The largest absolute Gasteiger partial charge is 0.360 e. The number of aryl methyl sites for hydroxylation is 2. The molecule has 2 aromatic heterocycles. The van der Waals surface area contributed by atoms with Gasteiger partial charge in [0, 0.05) is 36.7 Å². The molecule has 2 amide bonds. The predicted octanol–water partition coefficient (Wildman–Crippen LogP) is 2.07. The molecule has 3 aromatic rings. The van der Waals surface area contributed by atoms with Crippen molar-refractivity contribution < 1.29 is 9.59 Å². The van der Waals surface area contributed by atoms with Crippen molar-refractivity contribution in [3.63, 3.8) is 0 Å². The first kappa shape index (κ1) is 18.7. The topological polar surface area (TPSA) is 92.2 Å². The molecular weight excluding hydrogens is 368 g/mol. The van der Waals surface area contributed by atoms with Gasteiger partial charge in [0.05, 0.1) is 12.2 Å². The number of piperazine rings is 1. The van der Waals surface area contributed by atoms with E-state index in [9.17, 15) is 9.59 Å². The zero-order valence-electron chi connectivity index (χ0n) is 16.3. The summed E-state index contributed by atoms with van der Waals surface area (Å²) in [4.78, 5) is 30.4. The maximum absolute atomic E-state index is 12.7. The van der Waals surface area contributed by atoms with Gasteiger partial charge < -0.3 is 15.5 Å². The van der Waals surface area contributed by atoms with E-state index >= 15 is 0 Å². The highest BCUT2D eigenvalue weighted by molar-refractivity contribution is 6.03. The maximum Gasteiger partial charge on any atom is 0.275 e. The van der Waals surface area contributed by atoms with Crippen LogP contribution in [0.3, 0.4) is 0 Å². The number of carbonyl (C=O) groups excluding carboxylic acids is 2. The third kappa shape index (κ3) is 4.11. The molecule has 1 aromatic carbocycles.